The van der Waals surface area contributed by atoms with Crippen LogP contribution in [-0.2, 0) is 0 Å². The topological polar surface area (TPSA) is 24.9 Å². The monoisotopic (exact) mass is 272 g/mol. The number of aromatic nitrogens is 1. The predicted molar refractivity (Wildman–Crippen MR) is 80.2 cm³/mol. The van der Waals surface area contributed by atoms with E-state index in [1.165, 1.54) is 5.56 Å². The molecule has 2 aromatic rings. The lowest BCUT2D eigenvalue weighted by Gasteiger charge is -2.26. The predicted octanol–water partition coefficient (Wildman–Crippen LogP) is 3.98. The molecule has 0 fully saturated rings. The molecule has 0 amide bonds. The molecule has 2 rings (SSSR count). The number of pyridine rings is 1. The second kappa shape index (κ2) is 6.62. The lowest BCUT2D eigenvalue weighted by Crippen LogP contribution is -2.26. The number of rotatable bonds is 5. The van der Waals surface area contributed by atoms with Crippen molar-refractivity contribution in [3.8, 4) is 0 Å². The van der Waals surface area contributed by atoms with Crippen molar-refractivity contribution in [3.63, 3.8) is 0 Å². The summed E-state index contributed by atoms with van der Waals surface area (Å²) in [6.07, 6.45) is 3.62. The van der Waals surface area contributed by atoms with Gasteiger partial charge in [-0.1, -0.05) is 26.0 Å². The summed E-state index contributed by atoms with van der Waals surface area (Å²) in [6, 6.07) is 9.58. The van der Waals surface area contributed by atoms with Gasteiger partial charge in [0.1, 0.15) is 5.82 Å². The molecule has 1 aromatic heterocycles. The Bertz CT molecular complexity index is 554. The van der Waals surface area contributed by atoms with E-state index >= 15 is 0 Å². The first-order chi connectivity index (χ1) is 9.63. The Morgan fingerprint density at radius 3 is 2.45 bits per heavy atom. The molecule has 106 valence electrons. The smallest absolute Gasteiger partial charge is 0.126 e. The third-order valence-corrected chi connectivity index (χ3v) is 3.70. The van der Waals surface area contributed by atoms with Gasteiger partial charge in [0.2, 0.25) is 0 Å². The average Bonchev–Trinajstić information content (AvgIpc) is 2.48. The van der Waals surface area contributed by atoms with Crippen molar-refractivity contribution < 1.29 is 4.39 Å². The molecular weight excluding hydrogens is 251 g/mol. The molecule has 0 radical (unpaired) electrons. The van der Waals surface area contributed by atoms with E-state index in [0.717, 1.165) is 12.1 Å². The Labute approximate surface area is 120 Å². The molecule has 0 aliphatic carbocycles. The summed E-state index contributed by atoms with van der Waals surface area (Å²) in [6.45, 7) is 6.94. The van der Waals surface area contributed by atoms with E-state index in [1.54, 1.807) is 13.0 Å². The normalized spacial score (nSPS) is 14.0. The molecule has 2 atom stereocenters. The highest BCUT2D eigenvalue weighted by atomic mass is 19.1. The van der Waals surface area contributed by atoms with Gasteiger partial charge in [0.15, 0.2) is 0 Å². The van der Waals surface area contributed by atoms with E-state index in [2.05, 4.69) is 24.1 Å². The van der Waals surface area contributed by atoms with Crippen LogP contribution in [0.5, 0.6) is 0 Å². The van der Waals surface area contributed by atoms with Crippen LogP contribution in [0.1, 0.15) is 42.5 Å². The molecule has 0 saturated heterocycles. The van der Waals surface area contributed by atoms with Crippen molar-refractivity contribution in [1.29, 1.82) is 0 Å². The standard InChI is InChI=1S/C17H21FN2/c1-4-20-17(13(3)14-7-9-19-10-8-14)15-5-6-16(18)12(2)11-15/h5-11,13,17,20H,4H2,1-3H3. The van der Waals surface area contributed by atoms with E-state index in [1.807, 2.05) is 36.7 Å². The number of likely N-dealkylation sites (N-methyl/N-ethyl adjacent to an activating group) is 1. The Morgan fingerprint density at radius 1 is 1.15 bits per heavy atom. The van der Waals surface area contributed by atoms with Gasteiger partial charge < -0.3 is 5.32 Å². The molecular formula is C17H21FN2. The average molecular weight is 272 g/mol. The van der Waals surface area contributed by atoms with E-state index in [4.69, 9.17) is 0 Å². The number of benzene rings is 1. The van der Waals surface area contributed by atoms with Gasteiger partial charge in [0.05, 0.1) is 0 Å². The highest BCUT2D eigenvalue weighted by Gasteiger charge is 2.20. The maximum Gasteiger partial charge on any atom is 0.126 e. The molecule has 2 unspecified atom stereocenters. The van der Waals surface area contributed by atoms with Crippen LogP contribution in [0.15, 0.2) is 42.7 Å². The van der Waals surface area contributed by atoms with Crippen LogP contribution >= 0.6 is 0 Å². The zero-order valence-corrected chi connectivity index (χ0v) is 12.2. The Balaban J connectivity index is 2.33. The van der Waals surface area contributed by atoms with Crippen molar-refractivity contribution in [3.05, 3.63) is 65.2 Å². The van der Waals surface area contributed by atoms with E-state index in [0.29, 0.717) is 11.5 Å². The van der Waals surface area contributed by atoms with Crippen molar-refractivity contribution in [2.75, 3.05) is 6.54 Å². The Hall–Kier alpha value is -1.74. The van der Waals surface area contributed by atoms with Crippen molar-refractivity contribution in [1.82, 2.24) is 10.3 Å². The van der Waals surface area contributed by atoms with Crippen LogP contribution < -0.4 is 5.32 Å². The number of nitrogens with one attached hydrogen (secondary N) is 1. The molecule has 0 saturated carbocycles. The number of nitrogens with zero attached hydrogens (tertiary/aromatic N) is 1. The molecule has 3 heteroatoms. The quantitative estimate of drug-likeness (QED) is 0.890. The first-order valence-corrected chi connectivity index (χ1v) is 7.02. The highest BCUT2D eigenvalue weighted by Crippen LogP contribution is 2.31. The van der Waals surface area contributed by atoms with Crippen LogP contribution in [0, 0.1) is 12.7 Å². The molecule has 1 aromatic carbocycles. The SMILES string of the molecule is CCNC(c1ccc(F)c(C)c1)C(C)c1ccncc1. The molecule has 1 N–H and O–H groups in total. The fraction of sp³-hybridized carbons (Fsp3) is 0.353. The van der Waals surface area contributed by atoms with E-state index in [9.17, 15) is 4.39 Å². The van der Waals surface area contributed by atoms with Crippen molar-refractivity contribution >= 4 is 0 Å². The van der Waals surface area contributed by atoms with Gasteiger partial charge in [-0.05, 0) is 48.4 Å². The summed E-state index contributed by atoms with van der Waals surface area (Å²) in [5.41, 5.74) is 3.04. The van der Waals surface area contributed by atoms with Crippen LogP contribution in [0.2, 0.25) is 0 Å². The molecule has 0 aliphatic rings. The van der Waals surface area contributed by atoms with E-state index in [-0.39, 0.29) is 11.9 Å². The fourth-order valence-electron chi connectivity index (χ4n) is 2.52. The van der Waals surface area contributed by atoms with Gasteiger partial charge in [-0.15, -0.1) is 0 Å². The third-order valence-electron chi connectivity index (χ3n) is 3.70. The minimum absolute atomic E-state index is 0.152. The van der Waals surface area contributed by atoms with Crippen molar-refractivity contribution in [2.45, 2.75) is 32.7 Å². The number of halogens is 1. The largest absolute Gasteiger partial charge is 0.310 e. The zero-order valence-electron chi connectivity index (χ0n) is 12.2. The van der Waals surface area contributed by atoms with Gasteiger partial charge in [-0.2, -0.15) is 0 Å². The first-order valence-electron chi connectivity index (χ1n) is 7.02. The summed E-state index contributed by atoms with van der Waals surface area (Å²) in [5, 5.41) is 3.50. The molecule has 0 bridgehead atoms. The van der Waals surface area contributed by atoms with Crippen molar-refractivity contribution in [2.24, 2.45) is 0 Å². The second-order valence-electron chi connectivity index (χ2n) is 5.11. The van der Waals surface area contributed by atoms with Gasteiger partial charge in [-0.3, -0.25) is 4.98 Å². The van der Waals surface area contributed by atoms with Crippen LogP contribution in [-0.4, -0.2) is 11.5 Å². The van der Waals surface area contributed by atoms with Crippen LogP contribution in [0.4, 0.5) is 4.39 Å². The molecule has 1 heterocycles. The van der Waals surface area contributed by atoms with Crippen LogP contribution in [0.25, 0.3) is 0 Å². The molecule has 0 spiro atoms. The number of hydrogen-bond donors (Lipinski definition) is 1. The highest BCUT2D eigenvalue weighted by molar-refractivity contribution is 5.30. The Kier molecular flexibility index (Phi) is 4.85. The summed E-state index contributed by atoms with van der Waals surface area (Å²) in [5.74, 6) is 0.142. The minimum Gasteiger partial charge on any atom is -0.310 e. The second-order valence-corrected chi connectivity index (χ2v) is 5.11. The van der Waals surface area contributed by atoms with Gasteiger partial charge in [-0.25, -0.2) is 4.39 Å². The maximum absolute atomic E-state index is 13.4. The molecule has 2 nitrogen and oxygen atoms in total. The lowest BCUT2D eigenvalue weighted by molar-refractivity contribution is 0.477. The zero-order chi connectivity index (χ0) is 14.5. The summed E-state index contributed by atoms with van der Waals surface area (Å²) in [4.78, 5) is 4.06. The van der Waals surface area contributed by atoms with Gasteiger partial charge >= 0.3 is 0 Å². The third kappa shape index (κ3) is 3.23. The van der Waals surface area contributed by atoms with Gasteiger partial charge in [0, 0.05) is 24.4 Å². The number of hydrogen-bond acceptors (Lipinski definition) is 2. The summed E-state index contributed by atoms with van der Waals surface area (Å²) >= 11 is 0. The molecule has 20 heavy (non-hydrogen) atoms. The Morgan fingerprint density at radius 2 is 1.85 bits per heavy atom. The summed E-state index contributed by atoms with van der Waals surface area (Å²) < 4.78 is 13.4. The maximum atomic E-state index is 13.4. The van der Waals surface area contributed by atoms with Crippen LogP contribution in [0.3, 0.4) is 0 Å². The minimum atomic E-state index is -0.152. The first kappa shape index (κ1) is 14.7. The lowest BCUT2D eigenvalue weighted by atomic mass is 9.88. The summed E-state index contributed by atoms with van der Waals surface area (Å²) in [7, 11) is 0. The molecule has 0 aliphatic heterocycles. The van der Waals surface area contributed by atoms with E-state index < -0.39 is 0 Å². The number of aryl methyl sites for hydroxylation is 1. The fourth-order valence-corrected chi connectivity index (χ4v) is 2.52. The van der Waals surface area contributed by atoms with Gasteiger partial charge in [0.25, 0.3) is 0 Å².